The molecule has 2 bridgehead atoms. The molecule has 0 unspecified atom stereocenters. The van der Waals surface area contributed by atoms with Crippen LogP contribution in [0.25, 0.3) is 0 Å². The van der Waals surface area contributed by atoms with Gasteiger partial charge in [0.1, 0.15) is 11.5 Å². The molecule has 10 heteroatoms. The number of carbonyl (C=O) groups is 3. The van der Waals surface area contributed by atoms with Crippen molar-refractivity contribution >= 4 is 35.3 Å². The SMILES string of the molecule is O=C(N/N=C/C12c3ccccc3C(c3ccccc31)[C@@H]1C(=O)N(c3ccccc3[N+](=O)[O-])C(=O)[C@H]12)c1ccc(F)cc1. The number of hydrazone groups is 1. The van der Waals surface area contributed by atoms with Crippen LogP contribution in [0.3, 0.4) is 0 Å². The van der Waals surface area contributed by atoms with Gasteiger partial charge in [0, 0.05) is 23.8 Å². The summed E-state index contributed by atoms with van der Waals surface area (Å²) >= 11 is 0. The van der Waals surface area contributed by atoms with Crippen LogP contribution in [0.4, 0.5) is 15.8 Å². The van der Waals surface area contributed by atoms with Crippen molar-refractivity contribution in [3.8, 4) is 0 Å². The molecule has 3 amide bonds. The number of hydrogen-bond donors (Lipinski definition) is 1. The third kappa shape index (κ3) is 3.41. The average Bonchev–Trinajstić information content (AvgIpc) is 3.28. The molecule has 4 aliphatic rings. The lowest BCUT2D eigenvalue weighted by molar-refractivity contribution is -0.384. The molecular weight excluding hydrogens is 539 g/mol. The maximum atomic E-state index is 14.4. The van der Waals surface area contributed by atoms with E-state index in [1.165, 1.54) is 36.5 Å². The molecule has 0 saturated carbocycles. The van der Waals surface area contributed by atoms with E-state index in [1.807, 2.05) is 48.5 Å². The van der Waals surface area contributed by atoms with Crippen molar-refractivity contribution in [3.63, 3.8) is 0 Å². The summed E-state index contributed by atoms with van der Waals surface area (Å²) in [6.07, 6.45) is 1.49. The van der Waals surface area contributed by atoms with Crippen molar-refractivity contribution in [2.45, 2.75) is 11.3 Å². The number of carbonyl (C=O) groups excluding carboxylic acids is 3. The fraction of sp³-hybridized carbons (Fsp3) is 0.125. The minimum absolute atomic E-state index is 0.0869. The molecule has 0 spiro atoms. The van der Waals surface area contributed by atoms with E-state index in [2.05, 4.69) is 10.5 Å². The quantitative estimate of drug-likeness (QED) is 0.164. The van der Waals surface area contributed by atoms with Gasteiger partial charge in [-0.25, -0.2) is 14.7 Å². The highest BCUT2D eigenvalue weighted by Gasteiger charge is 2.68. The first-order chi connectivity index (χ1) is 20.3. The Kier molecular flexibility index (Phi) is 5.62. The van der Waals surface area contributed by atoms with Crippen molar-refractivity contribution in [1.29, 1.82) is 0 Å². The number of nitro benzene ring substituents is 1. The number of para-hydroxylation sites is 2. The first kappa shape index (κ1) is 25.5. The second-order valence-corrected chi connectivity index (χ2v) is 10.5. The summed E-state index contributed by atoms with van der Waals surface area (Å²) in [7, 11) is 0. The second-order valence-electron chi connectivity index (χ2n) is 10.5. The van der Waals surface area contributed by atoms with Crippen LogP contribution < -0.4 is 10.3 Å². The van der Waals surface area contributed by atoms with Crippen molar-refractivity contribution in [3.05, 3.63) is 141 Å². The topological polar surface area (TPSA) is 122 Å². The molecule has 206 valence electrons. The Morgan fingerprint density at radius 3 is 2.12 bits per heavy atom. The monoisotopic (exact) mass is 560 g/mol. The van der Waals surface area contributed by atoms with E-state index in [-0.39, 0.29) is 16.9 Å². The highest BCUT2D eigenvalue weighted by molar-refractivity contribution is 6.25. The van der Waals surface area contributed by atoms with Crippen LogP contribution in [-0.2, 0) is 15.0 Å². The van der Waals surface area contributed by atoms with Gasteiger partial charge in [-0.15, -0.1) is 0 Å². The molecule has 0 radical (unpaired) electrons. The molecule has 1 aliphatic heterocycles. The van der Waals surface area contributed by atoms with E-state index >= 15 is 0 Å². The standard InChI is InChI=1S/C32H21FN4O5/c33-19-15-13-18(14-16-19)29(38)35-34-17-32-22-9-3-1-7-20(22)26(21-8-2-4-10-23(21)32)27-28(32)31(40)36(30(27)39)24-11-5-6-12-25(24)37(41)42/h1-17,26-28H,(H,35,38)/b34-17+/t26?,27-,28-,32?/m0/s1. The fourth-order valence-corrected chi connectivity index (χ4v) is 6.95. The highest BCUT2D eigenvalue weighted by atomic mass is 19.1. The summed E-state index contributed by atoms with van der Waals surface area (Å²) < 4.78 is 13.4. The van der Waals surface area contributed by atoms with Gasteiger partial charge < -0.3 is 0 Å². The lowest BCUT2D eigenvalue weighted by Crippen LogP contribution is -2.54. The number of nitrogens with zero attached hydrogens (tertiary/aromatic N) is 3. The van der Waals surface area contributed by atoms with Crippen LogP contribution in [0.1, 0.15) is 38.5 Å². The van der Waals surface area contributed by atoms with Gasteiger partial charge in [0.25, 0.3) is 11.6 Å². The molecular formula is C32H21FN4O5. The summed E-state index contributed by atoms with van der Waals surface area (Å²) in [6, 6.07) is 25.7. The van der Waals surface area contributed by atoms with Gasteiger partial charge in [-0.05, 0) is 52.6 Å². The van der Waals surface area contributed by atoms with Crippen LogP contribution in [0.2, 0.25) is 0 Å². The number of rotatable bonds is 5. The van der Waals surface area contributed by atoms with E-state index in [4.69, 9.17) is 0 Å². The molecule has 9 nitrogen and oxygen atoms in total. The number of imide groups is 1. The third-order valence-corrected chi connectivity index (χ3v) is 8.54. The van der Waals surface area contributed by atoms with Crippen molar-refractivity contribution in [1.82, 2.24) is 5.43 Å². The van der Waals surface area contributed by atoms with Crippen LogP contribution in [0, 0.1) is 27.8 Å². The van der Waals surface area contributed by atoms with E-state index in [0.29, 0.717) is 0 Å². The molecule has 1 heterocycles. The Bertz CT molecular complexity index is 1810. The Balaban J connectivity index is 1.41. The molecule has 42 heavy (non-hydrogen) atoms. The van der Waals surface area contributed by atoms with Gasteiger partial charge in [0.15, 0.2) is 0 Å². The molecule has 1 N–H and O–H groups in total. The van der Waals surface area contributed by atoms with E-state index < -0.39 is 51.6 Å². The molecule has 4 aromatic carbocycles. The highest BCUT2D eigenvalue weighted by Crippen LogP contribution is 2.63. The molecule has 1 saturated heterocycles. The maximum Gasteiger partial charge on any atom is 0.293 e. The summed E-state index contributed by atoms with van der Waals surface area (Å²) in [4.78, 5) is 53.6. The predicted molar refractivity (Wildman–Crippen MR) is 150 cm³/mol. The maximum absolute atomic E-state index is 14.4. The Morgan fingerprint density at radius 1 is 0.881 bits per heavy atom. The molecule has 3 aliphatic carbocycles. The third-order valence-electron chi connectivity index (χ3n) is 8.54. The number of hydrogen-bond acceptors (Lipinski definition) is 6. The Labute approximate surface area is 238 Å². The Hall–Kier alpha value is -5.51. The number of anilines is 1. The Morgan fingerprint density at radius 2 is 1.48 bits per heavy atom. The minimum atomic E-state index is -1.27. The largest absolute Gasteiger partial charge is 0.293 e. The van der Waals surface area contributed by atoms with Crippen molar-refractivity contribution in [2.24, 2.45) is 16.9 Å². The van der Waals surface area contributed by atoms with E-state index in [0.717, 1.165) is 39.3 Å². The van der Waals surface area contributed by atoms with Crippen LogP contribution in [0.5, 0.6) is 0 Å². The van der Waals surface area contributed by atoms with Gasteiger partial charge in [-0.1, -0.05) is 60.7 Å². The zero-order chi connectivity index (χ0) is 29.2. The summed E-state index contributed by atoms with van der Waals surface area (Å²) in [5, 5.41) is 16.2. The van der Waals surface area contributed by atoms with Gasteiger partial charge >= 0.3 is 0 Å². The van der Waals surface area contributed by atoms with Gasteiger partial charge in [-0.2, -0.15) is 5.10 Å². The molecule has 1 fully saturated rings. The second kappa shape index (κ2) is 9.27. The number of amides is 3. The van der Waals surface area contributed by atoms with Gasteiger partial charge in [-0.3, -0.25) is 24.5 Å². The summed E-state index contributed by atoms with van der Waals surface area (Å²) in [5.41, 5.74) is 4.18. The number of nitrogens with one attached hydrogen (secondary N) is 1. The van der Waals surface area contributed by atoms with Crippen LogP contribution in [-0.4, -0.2) is 28.9 Å². The van der Waals surface area contributed by atoms with Crippen molar-refractivity contribution < 1.29 is 23.7 Å². The van der Waals surface area contributed by atoms with Gasteiger partial charge in [0.2, 0.25) is 11.8 Å². The molecule has 0 aromatic heterocycles. The first-order valence-corrected chi connectivity index (χ1v) is 13.2. The smallest absolute Gasteiger partial charge is 0.274 e. The average molecular weight is 561 g/mol. The minimum Gasteiger partial charge on any atom is -0.274 e. The molecule has 4 aromatic rings. The summed E-state index contributed by atoms with van der Waals surface area (Å²) in [5.74, 6) is -4.48. The fourth-order valence-electron chi connectivity index (χ4n) is 6.95. The predicted octanol–water partition coefficient (Wildman–Crippen LogP) is 4.70. The molecule has 8 rings (SSSR count). The van der Waals surface area contributed by atoms with Crippen LogP contribution >= 0.6 is 0 Å². The van der Waals surface area contributed by atoms with Crippen molar-refractivity contribution in [2.75, 3.05) is 4.90 Å². The number of halogens is 1. The summed E-state index contributed by atoms with van der Waals surface area (Å²) in [6.45, 7) is 0. The lowest BCUT2D eigenvalue weighted by atomic mass is 9.47. The number of nitro groups is 1. The van der Waals surface area contributed by atoms with Gasteiger partial charge in [0.05, 0.1) is 22.2 Å². The normalized spacial score (nSPS) is 23.5. The zero-order valence-corrected chi connectivity index (χ0v) is 21.8. The number of benzene rings is 4. The van der Waals surface area contributed by atoms with Crippen LogP contribution in [0.15, 0.2) is 102 Å². The van der Waals surface area contributed by atoms with E-state index in [1.54, 1.807) is 6.07 Å². The van der Waals surface area contributed by atoms with E-state index in [9.17, 15) is 28.9 Å². The lowest BCUT2D eigenvalue weighted by Gasteiger charge is -2.52. The molecule has 2 atom stereocenters. The first-order valence-electron chi connectivity index (χ1n) is 13.2. The zero-order valence-electron chi connectivity index (χ0n) is 21.8.